The Morgan fingerprint density at radius 3 is 2.58 bits per heavy atom. The van der Waals surface area contributed by atoms with E-state index < -0.39 is 0 Å². The zero-order valence-corrected chi connectivity index (χ0v) is 11.7. The second kappa shape index (κ2) is 6.34. The number of methoxy groups -OCH3 is 2. The van der Waals surface area contributed by atoms with E-state index in [-0.39, 0.29) is 0 Å². The Kier molecular flexibility index (Phi) is 4.53. The summed E-state index contributed by atoms with van der Waals surface area (Å²) in [5.41, 5.74) is 2.04. The fourth-order valence-corrected chi connectivity index (χ4v) is 2.00. The van der Waals surface area contributed by atoms with Gasteiger partial charge in [0.05, 0.1) is 19.9 Å². The van der Waals surface area contributed by atoms with Gasteiger partial charge in [-0.1, -0.05) is 23.7 Å². The Bertz CT molecular complexity index is 558. The highest BCUT2D eigenvalue weighted by atomic mass is 35.5. The highest BCUT2D eigenvalue weighted by Gasteiger charge is 2.04. The Balaban J connectivity index is 2.11. The SMILES string of the molecule is COc1ccc(NCc2cccc(Cl)c2)c(OC)c1. The summed E-state index contributed by atoms with van der Waals surface area (Å²) in [6.45, 7) is 0.684. The standard InChI is InChI=1S/C15H16ClNO2/c1-18-13-6-7-14(15(9-13)19-2)17-10-11-4-3-5-12(16)8-11/h3-9,17H,10H2,1-2H3. The third kappa shape index (κ3) is 3.55. The van der Waals surface area contributed by atoms with Crippen molar-refractivity contribution in [2.45, 2.75) is 6.54 Å². The predicted molar refractivity (Wildman–Crippen MR) is 78.3 cm³/mol. The number of anilines is 1. The maximum atomic E-state index is 5.96. The van der Waals surface area contributed by atoms with E-state index in [2.05, 4.69) is 5.32 Å². The molecule has 0 radical (unpaired) electrons. The topological polar surface area (TPSA) is 30.5 Å². The van der Waals surface area contributed by atoms with Gasteiger partial charge in [0, 0.05) is 17.6 Å². The molecule has 0 heterocycles. The second-order valence-corrected chi connectivity index (χ2v) is 4.49. The van der Waals surface area contributed by atoms with Crippen LogP contribution in [0.1, 0.15) is 5.56 Å². The molecule has 0 aliphatic heterocycles. The monoisotopic (exact) mass is 277 g/mol. The number of rotatable bonds is 5. The predicted octanol–water partition coefficient (Wildman–Crippen LogP) is 3.97. The van der Waals surface area contributed by atoms with Crippen molar-refractivity contribution < 1.29 is 9.47 Å². The number of hydrogen-bond donors (Lipinski definition) is 1. The molecule has 0 saturated heterocycles. The van der Waals surface area contributed by atoms with Crippen LogP contribution in [0.15, 0.2) is 42.5 Å². The zero-order valence-electron chi connectivity index (χ0n) is 10.9. The van der Waals surface area contributed by atoms with Gasteiger partial charge in [0.15, 0.2) is 0 Å². The molecule has 1 N–H and O–H groups in total. The lowest BCUT2D eigenvalue weighted by molar-refractivity contribution is 0.395. The van der Waals surface area contributed by atoms with Crippen molar-refractivity contribution in [3.63, 3.8) is 0 Å². The van der Waals surface area contributed by atoms with E-state index in [1.807, 2.05) is 42.5 Å². The Labute approximate surface area is 118 Å². The first-order valence-corrected chi connectivity index (χ1v) is 6.31. The molecule has 2 aromatic carbocycles. The van der Waals surface area contributed by atoms with E-state index in [0.29, 0.717) is 6.54 Å². The van der Waals surface area contributed by atoms with Crippen molar-refractivity contribution in [3.05, 3.63) is 53.1 Å². The average molecular weight is 278 g/mol. The molecule has 3 nitrogen and oxygen atoms in total. The summed E-state index contributed by atoms with van der Waals surface area (Å²) in [6, 6.07) is 13.4. The van der Waals surface area contributed by atoms with Crippen LogP contribution in [-0.2, 0) is 6.54 Å². The third-order valence-corrected chi connectivity index (χ3v) is 3.02. The lowest BCUT2D eigenvalue weighted by Crippen LogP contribution is -2.01. The molecule has 0 spiro atoms. The summed E-state index contributed by atoms with van der Waals surface area (Å²) >= 11 is 5.96. The van der Waals surface area contributed by atoms with E-state index in [1.54, 1.807) is 14.2 Å². The molecule has 0 amide bonds. The first kappa shape index (κ1) is 13.6. The lowest BCUT2D eigenvalue weighted by Gasteiger charge is -2.12. The van der Waals surface area contributed by atoms with Gasteiger partial charge in [0.2, 0.25) is 0 Å². The highest BCUT2D eigenvalue weighted by Crippen LogP contribution is 2.29. The Morgan fingerprint density at radius 1 is 1.05 bits per heavy atom. The molecule has 0 aromatic heterocycles. The number of benzene rings is 2. The second-order valence-electron chi connectivity index (χ2n) is 4.05. The van der Waals surface area contributed by atoms with E-state index in [1.165, 1.54) is 0 Å². The van der Waals surface area contributed by atoms with Crippen molar-refractivity contribution in [3.8, 4) is 11.5 Å². The first-order chi connectivity index (χ1) is 9.22. The van der Waals surface area contributed by atoms with Crippen molar-refractivity contribution in [1.29, 1.82) is 0 Å². The minimum atomic E-state index is 0.684. The van der Waals surface area contributed by atoms with E-state index in [9.17, 15) is 0 Å². The summed E-state index contributed by atoms with van der Waals surface area (Å²) in [5.74, 6) is 1.52. The summed E-state index contributed by atoms with van der Waals surface area (Å²) in [7, 11) is 3.27. The van der Waals surface area contributed by atoms with Gasteiger partial charge in [0.1, 0.15) is 11.5 Å². The highest BCUT2D eigenvalue weighted by molar-refractivity contribution is 6.30. The summed E-state index contributed by atoms with van der Waals surface area (Å²) < 4.78 is 10.5. The molecule has 0 unspecified atom stereocenters. The Hall–Kier alpha value is -1.87. The van der Waals surface area contributed by atoms with Gasteiger partial charge in [-0.25, -0.2) is 0 Å². The number of nitrogens with one attached hydrogen (secondary N) is 1. The van der Waals surface area contributed by atoms with Crippen LogP contribution in [0.5, 0.6) is 11.5 Å². The maximum absolute atomic E-state index is 5.96. The van der Waals surface area contributed by atoms with E-state index in [4.69, 9.17) is 21.1 Å². The molecule has 2 rings (SSSR count). The van der Waals surface area contributed by atoms with Crippen molar-refractivity contribution >= 4 is 17.3 Å². The fourth-order valence-electron chi connectivity index (χ4n) is 1.79. The molecule has 0 aliphatic rings. The normalized spacial score (nSPS) is 10.1. The van der Waals surface area contributed by atoms with Gasteiger partial charge < -0.3 is 14.8 Å². The van der Waals surface area contributed by atoms with Crippen LogP contribution < -0.4 is 14.8 Å². The third-order valence-electron chi connectivity index (χ3n) is 2.78. The minimum Gasteiger partial charge on any atom is -0.497 e. The maximum Gasteiger partial charge on any atom is 0.145 e. The van der Waals surface area contributed by atoms with E-state index >= 15 is 0 Å². The first-order valence-electron chi connectivity index (χ1n) is 5.93. The molecular weight excluding hydrogens is 262 g/mol. The van der Waals surface area contributed by atoms with Crippen LogP contribution in [0.25, 0.3) is 0 Å². The molecule has 0 aliphatic carbocycles. The molecule has 4 heteroatoms. The van der Waals surface area contributed by atoms with Gasteiger partial charge in [-0.05, 0) is 29.8 Å². The lowest BCUT2D eigenvalue weighted by atomic mass is 10.2. The average Bonchev–Trinajstić information content (AvgIpc) is 2.45. The van der Waals surface area contributed by atoms with Crippen molar-refractivity contribution in [2.75, 3.05) is 19.5 Å². The molecule has 100 valence electrons. The fraction of sp³-hybridized carbons (Fsp3) is 0.200. The van der Waals surface area contributed by atoms with Crippen LogP contribution in [0.2, 0.25) is 5.02 Å². The van der Waals surface area contributed by atoms with Gasteiger partial charge in [-0.15, -0.1) is 0 Å². The van der Waals surface area contributed by atoms with Crippen LogP contribution in [0, 0.1) is 0 Å². The smallest absolute Gasteiger partial charge is 0.145 e. The van der Waals surface area contributed by atoms with Crippen LogP contribution in [-0.4, -0.2) is 14.2 Å². The molecule has 0 fully saturated rings. The van der Waals surface area contributed by atoms with Gasteiger partial charge in [0.25, 0.3) is 0 Å². The number of halogens is 1. The van der Waals surface area contributed by atoms with Crippen molar-refractivity contribution in [2.24, 2.45) is 0 Å². The van der Waals surface area contributed by atoms with Gasteiger partial charge >= 0.3 is 0 Å². The number of ether oxygens (including phenoxy) is 2. The van der Waals surface area contributed by atoms with Crippen molar-refractivity contribution in [1.82, 2.24) is 0 Å². The molecular formula is C15H16ClNO2. The van der Waals surface area contributed by atoms with Crippen LogP contribution in [0.4, 0.5) is 5.69 Å². The molecule has 0 bridgehead atoms. The number of hydrogen-bond acceptors (Lipinski definition) is 3. The summed E-state index contributed by atoms with van der Waals surface area (Å²) in [4.78, 5) is 0. The van der Waals surface area contributed by atoms with Gasteiger partial charge in [-0.3, -0.25) is 0 Å². The quantitative estimate of drug-likeness (QED) is 0.897. The molecule has 2 aromatic rings. The largest absolute Gasteiger partial charge is 0.497 e. The van der Waals surface area contributed by atoms with Crippen LogP contribution >= 0.6 is 11.6 Å². The molecule has 19 heavy (non-hydrogen) atoms. The molecule has 0 saturated carbocycles. The Morgan fingerprint density at radius 2 is 1.89 bits per heavy atom. The molecule has 0 atom stereocenters. The summed E-state index contributed by atoms with van der Waals surface area (Å²) in [6.07, 6.45) is 0. The zero-order chi connectivity index (χ0) is 13.7. The minimum absolute atomic E-state index is 0.684. The van der Waals surface area contributed by atoms with Gasteiger partial charge in [-0.2, -0.15) is 0 Å². The van der Waals surface area contributed by atoms with Crippen LogP contribution in [0.3, 0.4) is 0 Å². The van der Waals surface area contributed by atoms with E-state index in [0.717, 1.165) is 27.8 Å². The summed E-state index contributed by atoms with van der Waals surface area (Å²) in [5, 5.41) is 4.06.